The summed E-state index contributed by atoms with van der Waals surface area (Å²) >= 11 is 0. The minimum absolute atomic E-state index is 1.10. The third-order valence-corrected chi connectivity index (χ3v) is 5.77. The summed E-state index contributed by atoms with van der Waals surface area (Å²) in [6.45, 7) is 15.7. The fourth-order valence-corrected chi connectivity index (χ4v) is 3.89. The Morgan fingerprint density at radius 3 is 1.42 bits per heavy atom. The van der Waals surface area contributed by atoms with E-state index >= 15 is 0 Å². The van der Waals surface area contributed by atoms with E-state index in [4.69, 9.17) is 0 Å². The lowest BCUT2D eigenvalue weighted by Crippen LogP contribution is -2.29. The second-order valence-electron chi connectivity index (χ2n) is 7.97. The maximum absolute atomic E-state index is 4.47. The standard InChI is InChI=1S/C24H40N2/c1-6-8-10-12-14-16-25-22(5)26(17-15-13-11-9-7-2)24-19-21(4)20(3)18-23(24)25/h18-19H,5-17H2,1-4H3. The fraction of sp³-hybridized carbons (Fsp3) is 0.667. The summed E-state index contributed by atoms with van der Waals surface area (Å²) < 4.78 is 0. The highest BCUT2D eigenvalue weighted by Gasteiger charge is 2.29. The summed E-state index contributed by atoms with van der Waals surface area (Å²) in [4.78, 5) is 4.94. The summed E-state index contributed by atoms with van der Waals surface area (Å²) in [5.41, 5.74) is 5.53. The molecule has 26 heavy (non-hydrogen) atoms. The van der Waals surface area contributed by atoms with Gasteiger partial charge in [0.2, 0.25) is 0 Å². The van der Waals surface area contributed by atoms with Gasteiger partial charge in [-0.2, -0.15) is 0 Å². The van der Waals surface area contributed by atoms with Crippen molar-refractivity contribution in [2.45, 2.75) is 91.9 Å². The van der Waals surface area contributed by atoms with Crippen LogP contribution in [-0.2, 0) is 0 Å². The molecular weight excluding hydrogens is 316 g/mol. The van der Waals surface area contributed by atoms with Gasteiger partial charge in [0.05, 0.1) is 11.4 Å². The number of fused-ring (bicyclic) bond motifs is 1. The quantitative estimate of drug-likeness (QED) is 0.361. The van der Waals surface area contributed by atoms with E-state index in [0.29, 0.717) is 0 Å². The molecule has 0 saturated carbocycles. The average molecular weight is 357 g/mol. The highest BCUT2D eigenvalue weighted by Crippen LogP contribution is 2.43. The van der Waals surface area contributed by atoms with Crippen molar-refractivity contribution in [1.29, 1.82) is 0 Å². The van der Waals surface area contributed by atoms with Crippen LogP contribution in [0.2, 0.25) is 0 Å². The Balaban J connectivity index is 2.04. The van der Waals surface area contributed by atoms with Gasteiger partial charge in [-0.1, -0.05) is 71.8 Å². The number of benzene rings is 1. The van der Waals surface area contributed by atoms with Crippen molar-refractivity contribution in [3.8, 4) is 0 Å². The van der Waals surface area contributed by atoms with E-state index in [-0.39, 0.29) is 0 Å². The minimum Gasteiger partial charge on any atom is -0.326 e. The largest absolute Gasteiger partial charge is 0.326 e. The van der Waals surface area contributed by atoms with E-state index in [1.54, 1.807) is 0 Å². The highest BCUT2D eigenvalue weighted by molar-refractivity contribution is 5.83. The summed E-state index contributed by atoms with van der Waals surface area (Å²) in [7, 11) is 0. The molecule has 2 heteroatoms. The van der Waals surface area contributed by atoms with Crippen molar-refractivity contribution in [2.75, 3.05) is 22.9 Å². The van der Waals surface area contributed by atoms with Crippen molar-refractivity contribution in [3.05, 3.63) is 35.7 Å². The Hall–Kier alpha value is -1.44. The number of unbranched alkanes of at least 4 members (excludes halogenated alkanes) is 8. The van der Waals surface area contributed by atoms with E-state index in [9.17, 15) is 0 Å². The van der Waals surface area contributed by atoms with Gasteiger partial charge in [-0.15, -0.1) is 0 Å². The van der Waals surface area contributed by atoms with Crippen molar-refractivity contribution in [1.82, 2.24) is 0 Å². The lowest BCUT2D eigenvalue weighted by atomic mass is 10.1. The zero-order valence-electron chi connectivity index (χ0n) is 17.7. The van der Waals surface area contributed by atoms with Crippen LogP contribution in [0, 0.1) is 13.8 Å². The lowest BCUT2D eigenvalue weighted by molar-refractivity contribution is 0.620. The first-order valence-corrected chi connectivity index (χ1v) is 10.9. The van der Waals surface area contributed by atoms with Crippen molar-refractivity contribution in [2.24, 2.45) is 0 Å². The lowest BCUT2D eigenvalue weighted by Gasteiger charge is -2.24. The minimum atomic E-state index is 1.10. The molecule has 146 valence electrons. The van der Waals surface area contributed by atoms with E-state index < -0.39 is 0 Å². The number of aryl methyl sites for hydroxylation is 2. The summed E-state index contributed by atoms with van der Waals surface area (Å²) in [6.07, 6.45) is 13.2. The molecule has 0 atom stereocenters. The molecule has 2 rings (SSSR count). The number of hydrogen-bond donors (Lipinski definition) is 0. The van der Waals surface area contributed by atoms with Crippen LogP contribution in [0.4, 0.5) is 11.4 Å². The van der Waals surface area contributed by atoms with Gasteiger partial charge in [0, 0.05) is 13.1 Å². The van der Waals surface area contributed by atoms with Gasteiger partial charge in [-0.05, 0) is 49.9 Å². The molecule has 0 radical (unpaired) electrons. The van der Waals surface area contributed by atoms with Crippen LogP contribution >= 0.6 is 0 Å². The van der Waals surface area contributed by atoms with E-state index in [1.165, 1.54) is 92.5 Å². The third kappa shape index (κ3) is 5.28. The maximum atomic E-state index is 4.47. The number of nitrogens with zero attached hydrogens (tertiary/aromatic N) is 2. The predicted molar refractivity (Wildman–Crippen MR) is 117 cm³/mol. The van der Waals surface area contributed by atoms with Gasteiger partial charge in [0.15, 0.2) is 0 Å². The molecule has 0 aliphatic carbocycles. The van der Waals surface area contributed by atoms with Crippen LogP contribution in [0.15, 0.2) is 24.5 Å². The van der Waals surface area contributed by atoms with Crippen LogP contribution in [0.1, 0.15) is 89.2 Å². The van der Waals surface area contributed by atoms with Crippen LogP contribution in [-0.4, -0.2) is 13.1 Å². The van der Waals surface area contributed by atoms with Crippen LogP contribution < -0.4 is 9.80 Å². The molecule has 1 heterocycles. The van der Waals surface area contributed by atoms with Crippen LogP contribution in [0.3, 0.4) is 0 Å². The molecule has 0 unspecified atom stereocenters. The molecule has 0 spiro atoms. The van der Waals surface area contributed by atoms with Gasteiger partial charge in [0.1, 0.15) is 5.82 Å². The Morgan fingerprint density at radius 2 is 1.04 bits per heavy atom. The molecule has 1 aromatic rings. The molecular formula is C24H40N2. The Morgan fingerprint density at radius 1 is 0.654 bits per heavy atom. The number of anilines is 2. The molecule has 2 nitrogen and oxygen atoms in total. The summed E-state index contributed by atoms with van der Waals surface area (Å²) in [5.74, 6) is 1.19. The molecule has 1 aliphatic heterocycles. The zero-order valence-corrected chi connectivity index (χ0v) is 17.7. The number of hydrogen-bond acceptors (Lipinski definition) is 2. The van der Waals surface area contributed by atoms with Crippen molar-refractivity contribution < 1.29 is 0 Å². The molecule has 0 aromatic heterocycles. The third-order valence-electron chi connectivity index (χ3n) is 5.77. The summed E-state index contributed by atoms with van der Waals surface area (Å²) in [6, 6.07) is 4.75. The molecule has 0 fully saturated rings. The van der Waals surface area contributed by atoms with Gasteiger partial charge in [-0.3, -0.25) is 0 Å². The molecule has 0 amide bonds. The molecule has 0 bridgehead atoms. The van der Waals surface area contributed by atoms with Gasteiger partial charge in [0.25, 0.3) is 0 Å². The zero-order chi connectivity index (χ0) is 18.9. The van der Waals surface area contributed by atoms with E-state index in [1.807, 2.05) is 0 Å². The first-order chi connectivity index (χ1) is 12.6. The maximum Gasteiger partial charge on any atom is 0.106 e. The second kappa shape index (κ2) is 10.6. The van der Waals surface area contributed by atoms with Crippen molar-refractivity contribution in [3.63, 3.8) is 0 Å². The SMILES string of the molecule is C=C1N(CCCCCCC)c2cc(C)c(C)cc2N1CCCCCCC. The van der Waals surface area contributed by atoms with E-state index in [2.05, 4.69) is 56.2 Å². The summed E-state index contributed by atoms with van der Waals surface area (Å²) in [5, 5.41) is 0. The highest BCUT2D eigenvalue weighted by atomic mass is 15.4. The van der Waals surface area contributed by atoms with Gasteiger partial charge < -0.3 is 9.80 Å². The molecule has 1 aromatic carbocycles. The Bertz CT molecular complexity index is 527. The van der Waals surface area contributed by atoms with Crippen LogP contribution in [0.25, 0.3) is 0 Å². The fourth-order valence-electron chi connectivity index (χ4n) is 3.89. The average Bonchev–Trinajstić information content (AvgIpc) is 2.86. The normalized spacial score (nSPS) is 13.6. The Kier molecular flexibility index (Phi) is 8.54. The monoisotopic (exact) mass is 356 g/mol. The van der Waals surface area contributed by atoms with Crippen molar-refractivity contribution >= 4 is 11.4 Å². The molecule has 0 N–H and O–H groups in total. The number of rotatable bonds is 12. The van der Waals surface area contributed by atoms with Gasteiger partial charge >= 0.3 is 0 Å². The first-order valence-electron chi connectivity index (χ1n) is 10.9. The molecule has 0 saturated heterocycles. The van der Waals surface area contributed by atoms with E-state index in [0.717, 1.165) is 13.1 Å². The van der Waals surface area contributed by atoms with Crippen LogP contribution in [0.5, 0.6) is 0 Å². The Labute approximate surface area is 162 Å². The smallest absolute Gasteiger partial charge is 0.106 e. The topological polar surface area (TPSA) is 6.48 Å². The second-order valence-corrected chi connectivity index (χ2v) is 7.97. The predicted octanol–water partition coefficient (Wildman–Crippen LogP) is 7.34. The van der Waals surface area contributed by atoms with Gasteiger partial charge in [-0.25, -0.2) is 0 Å². The first kappa shape index (κ1) is 20.9. The molecule has 1 aliphatic rings.